The fraction of sp³-hybridized carbons (Fsp3) is 0.562. The Balaban J connectivity index is 2.21. The number of nitrogens with zero attached hydrogens (tertiary/aromatic N) is 2. The second-order valence-electron chi connectivity index (χ2n) is 5.83. The van der Waals surface area contributed by atoms with Gasteiger partial charge in [-0.3, -0.25) is 14.0 Å². The molecule has 0 aliphatic rings. The summed E-state index contributed by atoms with van der Waals surface area (Å²) in [4.78, 5) is 30.5. The summed E-state index contributed by atoms with van der Waals surface area (Å²) in [5.41, 5.74) is -0.445. The van der Waals surface area contributed by atoms with E-state index < -0.39 is 5.91 Å². The number of carbonyl (C=O) groups excluding carboxylic acids is 1. The molecule has 0 spiro atoms. The van der Waals surface area contributed by atoms with Gasteiger partial charge in [0.05, 0.1) is 0 Å². The van der Waals surface area contributed by atoms with Crippen LogP contribution in [0.25, 0.3) is 4.96 Å². The summed E-state index contributed by atoms with van der Waals surface area (Å²) >= 11 is 1.41. The largest absolute Gasteiger partial charge is 0.396 e. The Bertz CT molecular complexity index is 747. The lowest BCUT2D eigenvalue weighted by Crippen LogP contribution is -2.39. The van der Waals surface area contributed by atoms with Crippen LogP contribution < -0.4 is 10.9 Å². The van der Waals surface area contributed by atoms with E-state index in [1.165, 1.54) is 21.9 Å². The van der Waals surface area contributed by atoms with Crippen molar-refractivity contribution in [2.45, 2.75) is 40.0 Å². The van der Waals surface area contributed by atoms with Crippen molar-refractivity contribution in [3.05, 3.63) is 33.2 Å². The Morgan fingerprint density at radius 3 is 2.74 bits per heavy atom. The SMILES string of the molecule is CCC(CC)(CCO)CNC(=O)c1cnc2sc(C)cn2c1=O. The zero-order valence-corrected chi connectivity index (χ0v) is 14.6. The van der Waals surface area contributed by atoms with Gasteiger partial charge in [0.1, 0.15) is 5.56 Å². The average Bonchev–Trinajstić information content (AvgIpc) is 2.93. The van der Waals surface area contributed by atoms with Gasteiger partial charge in [0.2, 0.25) is 0 Å². The first kappa shape index (κ1) is 17.6. The molecular weight excluding hydrogens is 314 g/mol. The van der Waals surface area contributed by atoms with E-state index in [1.807, 2.05) is 20.8 Å². The van der Waals surface area contributed by atoms with E-state index in [2.05, 4.69) is 10.3 Å². The van der Waals surface area contributed by atoms with E-state index in [0.29, 0.717) is 17.9 Å². The number of carbonyl (C=O) groups is 1. The molecule has 2 rings (SSSR count). The van der Waals surface area contributed by atoms with Crippen LogP contribution in [0.2, 0.25) is 0 Å². The Morgan fingerprint density at radius 1 is 1.43 bits per heavy atom. The van der Waals surface area contributed by atoms with Crippen LogP contribution >= 0.6 is 11.3 Å². The normalized spacial score (nSPS) is 11.8. The maximum absolute atomic E-state index is 12.4. The lowest BCUT2D eigenvalue weighted by atomic mass is 9.79. The van der Waals surface area contributed by atoms with Crippen molar-refractivity contribution in [3.8, 4) is 0 Å². The summed E-state index contributed by atoms with van der Waals surface area (Å²) in [5, 5.41) is 12.1. The summed E-state index contributed by atoms with van der Waals surface area (Å²) in [7, 11) is 0. The van der Waals surface area contributed by atoms with Crippen LogP contribution in [0.1, 0.15) is 48.3 Å². The fourth-order valence-corrected chi connectivity index (χ4v) is 3.48. The van der Waals surface area contributed by atoms with Crippen LogP contribution in [0.3, 0.4) is 0 Å². The molecule has 0 bridgehead atoms. The molecule has 0 radical (unpaired) electrons. The molecule has 0 aliphatic heterocycles. The lowest BCUT2D eigenvalue weighted by molar-refractivity contribution is 0.0905. The van der Waals surface area contributed by atoms with Crippen LogP contribution in [0.15, 0.2) is 17.2 Å². The minimum absolute atomic E-state index is 0.0467. The van der Waals surface area contributed by atoms with Gasteiger partial charge in [-0.1, -0.05) is 13.8 Å². The van der Waals surface area contributed by atoms with E-state index in [4.69, 9.17) is 0 Å². The summed E-state index contributed by atoms with van der Waals surface area (Å²) < 4.78 is 1.41. The minimum Gasteiger partial charge on any atom is -0.396 e. The number of nitrogens with one attached hydrogen (secondary N) is 1. The molecule has 2 heterocycles. The van der Waals surface area contributed by atoms with E-state index in [9.17, 15) is 14.7 Å². The first-order valence-corrected chi connectivity index (χ1v) is 8.65. The Labute approximate surface area is 139 Å². The molecule has 0 saturated heterocycles. The highest BCUT2D eigenvalue weighted by Gasteiger charge is 2.27. The summed E-state index contributed by atoms with van der Waals surface area (Å²) in [6.07, 6.45) is 5.36. The minimum atomic E-state index is -0.412. The fourth-order valence-electron chi connectivity index (χ4n) is 2.69. The number of amides is 1. The third-order valence-corrected chi connectivity index (χ3v) is 5.45. The molecule has 0 fully saturated rings. The molecule has 1 amide bonds. The summed E-state index contributed by atoms with van der Waals surface area (Å²) in [5.74, 6) is -0.412. The summed E-state index contributed by atoms with van der Waals surface area (Å²) in [6.45, 7) is 6.50. The molecule has 2 aromatic heterocycles. The van der Waals surface area contributed by atoms with Gasteiger partial charge in [0.15, 0.2) is 4.96 Å². The zero-order valence-electron chi connectivity index (χ0n) is 13.8. The van der Waals surface area contributed by atoms with Gasteiger partial charge in [0.25, 0.3) is 11.5 Å². The number of thiazole rings is 1. The molecule has 6 nitrogen and oxygen atoms in total. The predicted molar refractivity (Wildman–Crippen MR) is 91.1 cm³/mol. The quantitative estimate of drug-likeness (QED) is 0.809. The number of aromatic nitrogens is 2. The molecule has 23 heavy (non-hydrogen) atoms. The third kappa shape index (κ3) is 3.61. The highest BCUT2D eigenvalue weighted by molar-refractivity contribution is 7.16. The van der Waals surface area contributed by atoms with Gasteiger partial charge < -0.3 is 10.4 Å². The predicted octanol–water partition coefficient (Wildman–Crippen LogP) is 1.98. The Hall–Kier alpha value is -1.73. The van der Waals surface area contributed by atoms with Crippen molar-refractivity contribution in [1.82, 2.24) is 14.7 Å². The Morgan fingerprint density at radius 2 is 2.13 bits per heavy atom. The van der Waals surface area contributed by atoms with Gasteiger partial charge in [-0.05, 0) is 31.6 Å². The van der Waals surface area contributed by atoms with Gasteiger partial charge in [0, 0.05) is 30.4 Å². The number of hydrogen-bond donors (Lipinski definition) is 2. The van der Waals surface area contributed by atoms with Crippen LogP contribution in [0.4, 0.5) is 0 Å². The first-order chi connectivity index (χ1) is 11.0. The van der Waals surface area contributed by atoms with E-state index in [1.54, 1.807) is 6.20 Å². The number of aryl methyl sites for hydroxylation is 1. The maximum Gasteiger partial charge on any atom is 0.271 e. The second kappa shape index (κ2) is 7.23. The van der Waals surface area contributed by atoms with Crippen molar-refractivity contribution in [1.29, 1.82) is 0 Å². The van der Waals surface area contributed by atoms with E-state index in [0.717, 1.165) is 17.7 Å². The molecule has 0 unspecified atom stereocenters. The second-order valence-corrected chi connectivity index (χ2v) is 7.05. The zero-order chi connectivity index (χ0) is 17.0. The van der Waals surface area contributed by atoms with Crippen molar-refractivity contribution in [2.75, 3.05) is 13.2 Å². The van der Waals surface area contributed by atoms with Crippen LogP contribution in [0, 0.1) is 12.3 Å². The van der Waals surface area contributed by atoms with Crippen molar-refractivity contribution in [3.63, 3.8) is 0 Å². The van der Waals surface area contributed by atoms with E-state index >= 15 is 0 Å². The van der Waals surface area contributed by atoms with Crippen LogP contribution in [-0.2, 0) is 0 Å². The highest BCUT2D eigenvalue weighted by atomic mass is 32.1. The van der Waals surface area contributed by atoms with Gasteiger partial charge in [-0.2, -0.15) is 0 Å². The lowest BCUT2D eigenvalue weighted by Gasteiger charge is -2.31. The maximum atomic E-state index is 12.4. The molecule has 2 aromatic rings. The number of hydrogen-bond acceptors (Lipinski definition) is 5. The van der Waals surface area contributed by atoms with Crippen molar-refractivity contribution in [2.24, 2.45) is 5.41 Å². The number of fused-ring (bicyclic) bond motifs is 1. The van der Waals surface area contributed by atoms with Crippen LogP contribution in [0.5, 0.6) is 0 Å². The number of aliphatic hydroxyl groups excluding tert-OH is 1. The highest BCUT2D eigenvalue weighted by Crippen LogP contribution is 2.29. The Kier molecular flexibility index (Phi) is 5.54. The van der Waals surface area contributed by atoms with Crippen molar-refractivity contribution >= 4 is 22.2 Å². The molecule has 0 saturated carbocycles. The van der Waals surface area contributed by atoms with Gasteiger partial charge >= 0.3 is 0 Å². The standard InChI is InChI=1S/C16H23N3O3S/c1-4-16(5-2,6-7-20)10-18-13(21)12-8-17-15-19(14(12)22)9-11(3)23-15/h8-9,20H,4-7,10H2,1-3H3,(H,18,21). The summed E-state index contributed by atoms with van der Waals surface area (Å²) in [6, 6.07) is 0. The number of aliphatic hydroxyl groups is 1. The van der Waals surface area contributed by atoms with Gasteiger partial charge in [-0.15, -0.1) is 11.3 Å². The molecular formula is C16H23N3O3S. The average molecular weight is 337 g/mol. The van der Waals surface area contributed by atoms with E-state index in [-0.39, 0.29) is 23.1 Å². The molecule has 0 aromatic carbocycles. The van der Waals surface area contributed by atoms with Crippen LogP contribution in [-0.4, -0.2) is 33.6 Å². The molecule has 7 heteroatoms. The molecule has 126 valence electrons. The molecule has 0 aliphatic carbocycles. The molecule has 0 atom stereocenters. The van der Waals surface area contributed by atoms with Gasteiger partial charge in [-0.25, -0.2) is 4.98 Å². The molecule has 2 N–H and O–H groups in total. The smallest absolute Gasteiger partial charge is 0.271 e. The first-order valence-electron chi connectivity index (χ1n) is 7.83. The number of rotatable bonds is 7. The topological polar surface area (TPSA) is 83.7 Å². The van der Waals surface area contributed by atoms with Crippen molar-refractivity contribution < 1.29 is 9.90 Å². The third-order valence-electron chi connectivity index (χ3n) is 4.53. The monoisotopic (exact) mass is 337 g/mol.